The monoisotopic (exact) mass is 439 g/mol. The van der Waals surface area contributed by atoms with Gasteiger partial charge in [-0.1, -0.05) is 6.07 Å². The highest BCUT2D eigenvalue weighted by molar-refractivity contribution is 5.88. The van der Waals surface area contributed by atoms with Gasteiger partial charge in [0.2, 0.25) is 5.95 Å². The first kappa shape index (κ1) is 22.2. The molecule has 9 nitrogen and oxygen atoms in total. The Morgan fingerprint density at radius 3 is 2.66 bits per heavy atom. The van der Waals surface area contributed by atoms with E-state index in [-0.39, 0.29) is 17.8 Å². The Kier molecular flexibility index (Phi) is 6.66. The molecule has 0 spiro atoms. The summed E-state index contributed by atoms with van der Waals surface area (Å²) in [6, 6.07) is 5.71. The summed E-state index contributed by atoms with van der Waals surface area (Å²) >= 11 is 0. The number of hydrogen-bond acceptors (Lipinski definition) is 8. The number of ether oxygens (including phenoxy) is 2. The second kappa shape index (κ2) is 9.62. The van der Waals surface area contributed by atoms with Crippen LogP contribution in [-0.2, 0) is 9.47 Å². The Morgan fingerprint density at radius 1 is 1.22 bits per heavy atom. The van der Waals surface area contributed by atoms with Gasteiger partial charge in [0.15, 0.2) is 0 Å². The number of hydrogen-bond donors (Lipinski definition) is 2. The van der Waals surface area contributed by atoms with Crippen LogP contribution in [0.3, 0.4) is 0 Å². The van der Waals surface area contributed by atoms with Crippen LogP contribution < -0.4 is 5.32 Å². The highest BCUT2D eigenvalue weighted by atomic mass is 16.5. The zero-order valence-corrected chi connectivity index (χ0v) is 18.6. The van der Waals surface area contributed by atoms with Crippen molar-refractivity contribution in [1.82, 2.24) is 19.6 Å². The second-order valence-electron chi connectivity index (χ2n) is 8.29. The third-order valence-electron chi connectivity index (χ3n) is 5.92. The minimum absolute atomic E-state index is 0.0656. The van der Waals surface area contributed by atoms with Crippen LogP contribution >= 0.6 is 0 Å². The molecule has 0 unspecified atom stereocenters. The molecular formula is C23H29N5O4. The van der Waals surface area contributed by atoms with Crippen LogP contribution in [0.25, 0.3) is 16.6 Å². The molecule has 3 aromatic heterocycles. The zero-order chi connectivity index (χ0) is 22.7. The van der Waals surface area contributed by atoms with Crippen LogP contribution in [0, 0.1) is 0 Å². The molecule has 1 aliphatic rings. The number of anilines is 1. The van der Waals surface area contributed by atoms with Crippen LogP contribution in [0.1, 0.15) is 54.7 Å². The molecule has 0 bridgehead atoms. The van der Waals surface area contributed by atoms with E-state index < -0.39 is 5.97 Å². The molecule has 4 rings (SSSR count). The maximum absolute atomic E-state index is 11.7. The Labute approximate surface area is 186 Å². The number of esters is 1. The molecule has 3 heterocycles. The van der Waals surface area contributed by atoms with Crippen molar-refractivity contribution in [3.63, 3.8) is 0 Å². The average molecular weight is 440 g/mol. The molecule has 32 heavy (non-hydrogen) atoms. The normalized spacial score (nSPS) is 19.6. The molecule has 0 aromatic carbocycles. The fourth-order valence-corrected chi connectivity index (χ4v) is 4.27. The zero-order valence-electron chi connectivity index (χ0n) is 18.6. The standard InChI is InChI=1S/C23H29N5O4/c1-14(13-31-2)26-23-25-12-21-18(16-6-9-19(24-11-16)22(30)32-3)10-20(28(21)27-23)15-4-7-17(29)8-5-15/h6,9-12,14-15,17,29H,4-5,7-8,13H2,1-3H3,(H,26,27)/t14-,15?,17?/m0/s1. The summed E-state index contributed by atoms with van der Waals surface area (Å²) in [6.07, 6.45) is 6.61. The van der Waals surface area contributed by atoms with E-state index in [1.807, 2.05) is 17.5 Å². The minimum atomic E-state index is -0.469. The number of fused-ring (bicyclic) bond motifs is 1. The van der Waals surface area contributed by atoms with E-state index in [0.29, 0.717) is 18.5 Å². The van der Waals surface area contributed by atoms with Crippen molar-refractivity contribution in [2.75, 3.05) is 26.1 Å². The van der Waals surface area contributed by atoms with Crippen LogP contribution in [0.5, 0.6) is 0 Å². The van der Waals surface area contributed by atoms with Crippen molar-refractivity contribution in [2.24, 2.45) is 0 Å². The molecular weight excluding hydrogens is 410 g/mol. The maximum Gasteiger partial charge on any atom is 0.356 e. The van der Waals surface area contributed by atoms with Crippen molar-refractivity contribution in [3.05, 3.63) is 42.0 Å². The number of aliphatic hydroxyl groups is 1. The van der Waals surface area contributed by atoms with Crippen LogP contribution in [0.15, 0.2) is 30.6 Å². The van der Waals surface area contributed by atoms with Crippen LogP contribution in [-0.4, -0.2) is 63.6 Å². The summed E-state index contributed by atoms with van der Waals surface area (Å²) in [5.74, 6) is 0.352. The van der Waals surface area contributed by atoms with E-state index in [9.17, 15) is 9.90 Å². The average Bonchev–Trinajstić information content (AvgIpc) is 3.18. The Hall–Kier alpha value is -3.04. The number of aromatic nitrogens is 4. The smallest absolute Gasteiger partial charge is 0.356 e. The van der Waals surface area contributed by atoms with Crippen molar-refractivity contribution in [3.8, 4) is 11.1 Å². The highest BCUT2D eigenvalue weighted by Gasteiger charge is 2.26. The number of carbonyl (C=O) groups is 1. The summed E-state index contributed by atoms with van der Waals surface area (Å²) in [5, 5.41) is 18.0. The summed E-state index contributed by atoms with van der Waals surface area (Å²) in [5.41, 5.74) is 4.03. The van der Waals surface area contributed by atoms with Gasteiger partial charge in [-0.2, -0.15) is 0 Å². The van der Waals surface area contributed by atoms with Gasteiger partial charge in [-0.05, 0) is 44.7 Å². The van der Waals surface area contributed by atoms with E-state index in [2.05, 4.69) is 21.4 Å². The van der Waals surface area contributed by atoms with Crippen LogP contribution in [0.4, 0.5) is 5.95 Å². The van der Waals surface area contributed by atoms with E-state index >= 15 is 0 Å². The quantitative estimate of drug-likeness (QED) is 0.541. The number of methoxy groups -OCH3 is 2. The molecule has 1 saturated carbocycles. The van der Waals surface area contributed by atoms with E-state index in [1.54, 1.807) is 25.6 Å². The maximum atomic E-state index is 11.7. The molecule has 0 amide bonds. The summed E-state index contributed by atoms with van der Waals surface area (Å²) in [7, 11) is 3.00. The second-order valence-corrected chi connectivity index (χ2v) is 8.29. The molecule has 0 aliphatic heterocycles. The molecule has 170 valence electrons. The molecule has 3 aromatic rings. The van der Waals surface area contributed by atoms with Gasteiger partial charge in [-0.15, -0.1) is 5.10 Å². The van der Waals surface area contributed by atoms with Gasteiger partial charge in [0, 0.05) is 42.1 Å². The first-order valence-electron chi connectivity index (χ1n) is 10.9. The Balaban J connectivity index is 1.75. The molecule has 1 atom stereocenters. The van der Waals surface area contributed by atoms with Gasteiger partial charge in [-0.25, -0.2) is 19.3 Å². The van der Waals surface area contributed by atoms with E-state index in [0.717, 1.165) is 48.0 Å². The fourth-order valence-electron chi connectivity index (χ4n) is 4.27. The lowest BCUT2D eigenvalue weighted by Gasteiger charge is -2.25. The lowest BCUT2D eigenvalue weighted by molar-refractivity contribution is 0.0594. The molecule has 2 N–H and O–H groups in total. The number of carbonyl (C=O) groups excluding carboxylic acids is 1. The fraction of sp³-hybridized carbons (Fsp3) is 0.478. The van der Waals surface area contributed by atoms with Gasteiger partial charge >= 0.3 is 5.97 Å². The minimum Gasteiger partial charge on any atom is -0.464 e. The van der Waals surface area contributed by atoms with Crippen molar-refractivity contribution >= 4 is 17.4 Å². The van der Waals surface area contributed by atoms with Gasteiger partial charge in [0.1, 0.15) is 5.69 Å². The molecule has 1 aliphatic carbocycles. The predicted octanol–water partition coefficient (Wildman–Crippen LogP) is 3.04. The Morgan fingerprint density at radius 2 is 2.00 bits per heavy atom. The molecule has 0 saturated heterocycles. The largest absolute Gasteiger partial charge is 0.464 e. The first-order chi connectivity index (χ1) is 15.5. The molecule has 0 radical (unpaired) electrons. The number of nitrogens with one attached hydrogen (secondary N) is 1. The third kappa shape index (κ3) is 4.58. The molecule has 1 fully saturated rings. The van der Waals surface area contributed by atoms with Gasteiger partial charge in [0.25, 0.3) is 0 Å². The Bertz CT molecular complexity index is 1070. The summed E-state index contributed by atoms with van der Waals surface area (Å²) in [4.78, 5) is 20.5. The van der Waals surface area contributed by atoms with Gasteiger partial charge in [0.05, 0.1) is 31.5 Å². The lowest BCUT2D eigenvalue weighted by atomic mass is 9.85. The number of pyridine rings is 1. The summed E-state index contributed by atoms with van der Waals surface area (Å²) < 4.78 is 11.9. The van der Waals surface area contributed by atoms with E-state index in [4.69, 9.17) is 14.6 Å². The number of rotatable bonds is 7. The predicted molar refractivity (Wildman–Crippen MR) is 120 cm³/mol. The number of aliphatic hydroxyl groups excluding tert-OH is 1. The lowest BCUT2D eigenvalue weighted by Crippen LogP contribution is -2.23. The molecule has 9 heteroatoms. The van der Waals surface area contributed by atoms with Crippen LogP contribution in [0.2, 0.25) is 0 Å². The van der Waals surface area contributed by atoms with E-state index in [1.165, 1.54) is 7.11 Å². The SMILES string of the molecule is COC[C@H](C)Nc1ncc2c(-c3ccc(C(=O)OC)nc3)cc(C3CCC(O)CC3)n2n1. The third-order valence-corrected chi connectivity index (χ3v) is 5.92. The first-order valence-corrected chi connectivity index (χ1v) is 10.9. The topological polar surface area (TPSA) is 111 Å². The van der Waals surface area contributed by atoms with Crippen molar-refractivity contribution < 1.29 is 19.4 Å². The van der Waals surface area contributed by atoms with Gasteiger partial charge < -0.3 is 19.9 Å². The number of nitrogens with zero attached hydrogens (tertiary/aromatic N) is 4. The highest BCUT2D eigenvalue weighted by Crippen LogP contribution is 2.37. The van der Waals surface area contributed by atoms with Gasteiger partial charge in [-0.3, -0.25) is 0 Å². The van der Waals surface area contributed by atoms with Crippen molar-refractivity contribution in [1.29, 1.82) is 0 Å². The summed E-state index contributed by atoms with van der Waals surface area (Å²) in [6.45, 7) is 2.56. The van der Waals surface area contributed by atoms with Crippen molar-refractivity contribution in [2.45, 2.75) is 50.7 Å².